The lowest BCUT2D eigenvalue weighted by molar-refractivity contribution is 0.328. The Morgan fingerprint density at radius 2 is 1.00 bits per heavy atom. The van der Waals surface area contributed by atoms with Gasteiger partial charge in [0.1, 0.15) is 0 Å². The third-order valence-corrected chi connectivity index (χ3v) is 8.89. The second kappa shape index (κ2) is 10.6. The van der Waals surface area contributed by atoms with Crippen molar-refractivity contribution < 1.29 is 0 Å². The van der Waals surface area contributed by atoms with Gasteiger partial charge in [0.05, 0.1) is 11.0 Å². The largest absolute Gasteiger partial charge is 0.316 e. The Labute approximate surface area is 231 Å². The molecule has 39 heavy (non-hydrogen) atoms. The average molecular weight is 509 g/mol. The van der Waals surface area contributed by atoms with Crippen LogP contribution in [0.2, 0.25) is 0 Å². The third kappa shape index (κ3) is 4.59. The molecule has 1 fully saturated rings. The molecule has 2 aromatic heterocycles. The van der Waals surface area contributed by atoms with E-state index >= 15 is 0 Å². The first-order chi connectivity index (χ1) is 19.4. The van der Waals surface area contributed by atoms with Crippen LogP contribution in [0.1, 0.15) is 62.0 Å². The minimum absolute atomic E-state index is 0.330. The lowest BCUT2D eigenvalue weighted by Gasteiger charge is -2.24. The van der Waals surface area contributed by atoms with Crippen molar-refractivity contribution >= 4 is 21.8 Å². The van der Waals surface area contributed by atoms with Crippen molar-refractivity contribution in [3.8, 4) is 11.4 Å². The van der Waals surface area contributed by atoms with Gasteiger partial charge in [-0.25, -0.2) is 0 Å². The first-order valence-electron chi connectivity index (χ1n) is 14.7. The number of nitrogens with zero attached hydrogens (tertiary/aromatic N) is 2. The molecule has 1 saturated carbocycles. The van der Waals surface area contributed by atoms with Gasteiger partial charge in [-0.3, -0.25) is 0 Å². The smallest absolute Gasteiger partial charge is 0.0531 e. The highest BCUT2D eigenvalue weighted by Crippen LogP contribution is 2.42. The van der Waals surface area contributed by atoms with Gasteiger partial charge < -0.3 is 9.13 Å². The number of benzene rings is 4. The molecule has 2 heterocycles. The van der Waals surface area contributed by atoms with Crippen LogP contribution < -0.4 is 0 Å². The summed E-state index contributed by atoms with van der Waals surface area (Å²) in [6, 6.07) is 39.6. The Kier molecular flexibility index (Phi) is 6.54. The number of fused-ring (bicyclic) bond motifs is 2. The van der Waals surface area contributed by atoms with Crippen LogP contribution >= 0.6 is 0 Å². The van der Waals surface area contributed by atoms with Crippen molar-refractivity contribution in [3.05, 3.63) is 133 Å². The lowest BCUT2D eigenvalue weighted by atomic mass is 9.80. The molecule has 0 radical (unpaired) electrons. The van der Waals surface area contributed by atoms with Gasteiger partial charge in [0.2, 0.25) is 0 Å². The molecule has 0 saturated heterocycles. The lowest BCUT2D eigenvalue weighted by Crippen LogP contribution is -2.09. The second-order valence-corrected chi connectivity index (χ2v) is 11.2. The van der Waals surface area contributed by atoms with E-state index < -0.39 is 0 Å². The Hall–Kier alpha value is -4.04. The standard InChI is InChI=1S/C37H36N2/c1-4-14-28(15-5-1)24-25-31(34-26-38(29-16-6-2-7-17-29)36-22-12-10-20-32(34)36)35-27-39(30-18-8-3-9-19-30)37-23-13-11-21-33(35)37/h2-3,6-13,16-23,26-28,31H,1,4-5,14-15,24-25H2. The van der Waals surface area contributed by atoms with Crippen molar-refractivity contribution in [2.75, 3.05) is 0 Å². The molecule has 0 aliphatic heterocycles. The summed E-state index contributed by atoms with van der Waals surface area (Å²) in [6.45, 7) is 0. The molecule has 0 unspecified atom stereocenters. The van der Waals surface area contributed by atoms with E-state index in [0.29, 0.717) is 5.92 Å². The molecule has 0 spiro atoms. The van der Waals surface area contributed by atoms with Crippen LogP contribution in [0.3, 0.4) is 0 Å². The maximum Gasteiger partial charge on any atom is 0.0531 e. The number of para-hydroxylation sites is 4. The van der Waals surface area contributed by atoms with Crippen LogP contribution in [0.15, 0.2) is 122 Å². The fraction of sp³-hybridized carbons (Fsp3) is 0.243. The summed E-state index contributed by atoms with van der Waals surface area (Å²) in [5, 5.41) is 2.73. The van der Waals surface area contributed by atoms with Gasteiger partial charge in [-0.2, -0.15) is 0 Å². The van der Waals surface area contributed by atoms with Crippen molar-refractivity contribution in [3.63, 3.8) is 0 Å². The highest BCUT2D eigenvalue weighted by molar-refractivity contribution is 5.90. The van der Waals surface area contributed by atoms with Gasteiger partial charge in [0.15, 0.2) is 0 Å². The Balaban J connectivity index is 1.41. The summed E-state index contributed by atoms with van der Waals surface area (Å²) in [5.74, 6) is 1.18. The van der Waals surface area contributed by atoms with E-state index in [1.807, 2.05) is 0 Å². The van der Waals surface area contributed by atoms with Crippen LogP contribution in [0.25, 0.3) is 33.2 Å². The number of hydrogen-bond donors (Lipinski definition) is 0. The fourth-order valence-corrected chi connectivity index (χ4v) is 6.93. The van der Waals surface area contributed by atoms with E-state index in [-0.39, 0.29) is 0 Å². The average Bonchev–Trinajstić information content (AvgIpc) is 3.59. The van der Waals surface area contributed by atoms with E-state index in [1.54, 1.807) is 0 Å². The van der Waals surface area contributed by atoms with Crippen molar-refractivity contribution in [1.82, 2.24) is 9.13 Å². The molecule has 2 heteroatoms. The normalized spacial score (nSPS) is 14.5. The topological polar surface area (TPSA) is 9.86 Å². The van der Waals surface area contributed by atoms with E-state index in [0.717, 1.165) is 5.92 Å². The minimum Gasteiger partial charge on any atom is -0.316 e. The van der Waals surface area contributed by atoms with Crippen LogP contribution in [-0.4, -0.2) is 9.13 Å². The molecular formula is C37H36N2. The summed E-state index contributed by atoms with van der Waals surface area (Å²) in [4.78, 5) is 0. The maximum atomic E-state index is 2.43. The summed E-state index contributed by atoms with van der Waals surface area (Å²) < 4.78 is 4.79. The van der Waals surface area contributed by atoms with Gasteiger partial charge in [-0.1, -0.05) is 105 Å². The predicted octanol–water partition coefficient (Wildman–Crippen LogP) is 10.1. The first kappa shape index (κ1) is 24.0. The molecule has 194 valence electrons. The molecule has 0 amide bonds. The third-order valence-electron chi connectivity index (χ3n) is 8.89. The molecule has 0 N–H and O–H groups in total. The quantitative estimate of drug-likeness (QED) is 0.203. The number of hydrogen-bond acceptors (Lipinski definition) is 0. The zero-order chi connectivity index (χ0) is 26.0. The summed E-state index contributed by atoms with van der Waals surface area (Å²) in [5.41, 5.74) is 7.90. The van der Waals surface area contributed by atoms with Crippen LogP contribution in [0.5, 0.6) is 0 Å². The molecule has 6 aromatic rings. The van der Waals surface area contributed by atoms with E-state index in [4.69, 9.17) is 0 Å². The number of aromatic nitrogens is 2. The van der Waals surface area contributed by atoms with Crippen molar-refractivity contribution in [1.29, 1.82) is 0 Å². The Morgan fingerprint density at radius 3 is 1.51 bits per heavy atom. The fourth-order valence-electron chi connectivity index (χ4n) is 6.93. The number of rotatable bonds is 7. The molecule has 1 aliphatic rings. The van der Waals surface area contributed by atoms with Gasteiger partial charge >= 0.3 is 0 Å². The zero-order valence-corrected chi connectivity index (χ0v) is 22.5. The van der Waals surface area contributed by atoms with Crippen LogP contribution in [0, 0.1) is 5.92 Å². The SMILES string of the molecule is c1ccc(-n2cc(C(CCC3CCCCC3)c3cn(-c4ccccc4)c4ccccc34)c3ccccc32)cc1. The molecular weight excluding hydrogens is 472 g/mol. The summed E-state index contributed by atoms with van der Waals surface area (Å²) in [7, 11) is 0. The monoisotopic (exact) mass is 508 g/mol. The molecule has 2 nitrogen and oxygen atoms in total. The van der Waals surface area contributed by atoms with Gasteiger partial charge in [0.25, 0.3) is 0 Å². The summed E-state index contributed by atoms with van der Waals surface area (Å²) >= 11 is 0. The predicted molar refractivity (Wildman–Crippen MR) is 164 cm³/mol. The van der Waals surface area contributed by atoms with Crippen molar-refractivity contribution in [2.24, 2.45) is 5.92 Å². The van der Waals surface area contributed by atoms with Gasteiger partial charge in [-0.05, 0) is 66.3 Å². The Morgan fingerprint density at radius 1 is 0.538 bits per heavy atom. The second-order valence-electron chi connectivity index (χ2n) is 11.2. The summed E-state index contributed by atoms with van der Waals surface area (Å²) in [6.07, 6.45) is 14.3. The molecule has 4 aromatic carbocycles. The molecule has 7 rings (SSSR count). The highest BCUT2D eigenvalue weighted by Gasteiger charge is 2.26. The highest BCUT2D eigenvalue weighted by atomic mass is 15.0. The minimum atomic E-state index is 0.330. The van der Waals surface area contributed by atoms with E-state index in [1.165, 1.54) is 89.3 Å². The molecule has 0 bridgehead atoms. The maximum absolute atomic E-state index is 2.43. The Bertz CT molecular complexity index is 1570. The van der Waals surface area contributed by atoms with Crippen LogP contribution in [0.4, 0.5) is 0 Å². The molecule has 0 atom stereocenters. The van der Waals surface area contributed by atoms with Crippen molar-refractivity contribution in [2.45, 2.75) is 50.9 Å². The van der Waals surface area contributed by atoms with Crippen LogP contribution in [-0.2, 0) is 0 Å². The van der Waals surface area contributed by atoms with Gasteiger partial charge in [0, 0.05) is 40.5 Å². The van der Waals surface area contributed by atoms with E-state index in [2.05, 4.69) is 131 Å². The molecule has 1 aliphatic carbocycles. The van der Waals surface area contributed by atoms with E-state index in [9.17, 15) is 0 Å². The van der Waals surface area contributed by atoms with Gasteiger partial charge in [-0.15, -0.1) is 0 Å². The first-order valence-corrected chi connectivity index (χ1v) is 14.7. The zero-order valence-electron chi connectivity index (χ0n) is 22.5.